The van der Waals surface area contributed by atoms with E-state index >= 15 is 0 Å². The monoisotopic (exact) mass is 557 g/mol. The molecule has 0 saturated carbocycles. The van der Waals surface area contributed by atoms with E-state index in [1.807, 2.05) is 6.07 Å². The smallest absolute Gasteiger partial charge is 0.335 e. The van der Waals surface area contributed by atoms with Crippen LogP contribution >= 0.6 is 15.9 Å². The van der Waals surface area contributed by atoms with Gasteiger partial charge in [0.15, 0.2) is 17.0 Å². The molecule has 0 spiro atoms. The summed E-state index contributed by atoms with van der Waals surface area (Å²) in [6.07, 6.45) is -4.71. The quantitative estimate of drug-likeness (QED) is 0.363. The highest BCUT2D eigenvalue weighted by atomic mass is 79.9. The largest absolute Gasteiger partial charge is 0.433 e. The predicted molar refractivity (Wildman–Crippen MR) is 129 cm³/mol. The standard InChI is InChI=1S/C25H19BrF3N5O2/c26-18-8-6-16(7-9-18)19-14-21(25(27,28)29)34-22(30-19)15-20(31-34)24(36)33-12-10-32(11-13-33)23(35)17-4-2-1-3-5-17/h1-9,14-15H,10-13H2. The lowest BCUT2D eigenvalue weighted by Gasteiger charge is -2.34. The Balaban J connectivity index is 1.40. The average Bonchev–Trinajstić information content (AvgIpc) is 3.32. The highest BCUT2D eigenvalue weighted by molar-refractivity contribution is 9.10. The van der Waals surface area contributed by atoms with Crippen LogP contribution in [0.25, 0.3) is 16.9 Å². The van der Waals surface area contributed by atoms with Crippen LogP contribution in [0.15, 0.2) is 71.2 Å². The molecular weight excluding hydrogens is 539 g/mol. The number of alkyl halides is 3. The van der Waals surface area contributed by atoms with Crippen molar-refractivity contribution >= 4 is 33.4 Å². The van der Waals surface area contributed by atoms with Gasteiger partial charge in [0.2, 0.25) is 0 Å². The summed E-state index contributed by atoms with van der Waals surface area (Å²) in [6.45, 7) is 1.11. The zero-order valence-electron chi connectivity index (χ0n) is 18.7. The number of hydrogen-bond donors (Lipinski definition) is 0. The Hall–Kier alpha value is -3.73. The number of carbonyl (C=O) groups is 2. The Kier molecular flexibility index (Phi) is 6.25. The summed E-state index contributed by atoms with van der Waals surface area (Å²) in [7, 11) is 0. The van der Waals surface area contributed by atoms with E-state index < -0.39 is 17.8 Å². The van der Waals surface area contributed by atoms with Gasteiger partial charge in [0, 0.05) is 47.8 Å². The van der Waals surface area contributed by atoms with Crippen molar-refractivity contribution < 1.29 is 22.8 Å². The third kappa shape index (κ3) is 4.70. The number of piperazine rings is 1. The second-order valence-electron chi connectivity index (χ2n) is 8.28. The average molecular weight is 558 g/mol. The topological polar surface area (TPSA) is 70.8 Å². The SMILES string of the molecule is O=C(c1ccccc1)N1CCN(C(=O)c2cc3nc(-c4ccc(Br)cc4)cc(C(F)(F)F)n3n2)CC1. The molecule has 0 atom stereocenters. The Morgan fingerprint density at radius 2 is 1.44 bits per heavy atom. The lowest BCUT2D eigenvalue weighted by atomic mass is 10.1. The molecule has 1 fully saturated rings. The maximum Gasteiger partial charge on any atom is 0.433 e. The van der Waals surface area contributed by atoms with E-state index in [0.29, 0.717) is 28.7 Å². The molecule has 0 aliphatic carbocycles. The molecular formula is C25H19BrF3N5O2. The highest BCUT2D eigenvalue weighted by Crippen LogP contribution is 2.32. The fourth-order valence-electron chi connectivity index (χ4n) is 4.09. The minimum Gasteiger partial charge on any atom is -0.335 e. The van der Waals surface area contributed by atoms with E-state index in [1.165, 1.54) is 11.0 Å². The molecule has 1 aliphatic heterocycles. The van der Waals surface area contributed by atoms with Crippen LogP contribution in [0.1, 0.15) is 26.5 Å². The van der Waals surface area contributed by atoms with Gasteiger partial charge < -0.3 is 9.80 Å². The lowest BCUT2D eigenvalue weighted by molar-refractivity contribution is -0.142. The van der Waals surface area contributed by atoms with Gasteiger partial charge >= 0.3 is 6.18 Å². The van der Waals surface area contributed by atoms with Crippen molar-refractivity contribution in [3.8, 4) is 11.3 Å². The van der Waals surface area contributed by atoms with Gasteiger partial charge in [-0.05, 0) is 30.3 Å². The lowest BCUT2D eigenvalue weighted by Crippen LogP contribution is -2.50. The number of fused-ring (bicyclic) bond motifs is 1. The summed E-state index contributed by atoms with van der Waals surface area (Å²) < 4.78 is 43.1. The summed E-state index contributed by atoms with van der Waals surface area (Å²) in [5.74, 6) is -0.638. The van der Waals surface area contributed by atoms with Crippen LogP contribution in [0.3, 0.4) is 0 Å². The molecule has 2 aromatic heterocycles. The van der Waals surface area contributed by atoms with E-state index in [0.717, 1.165) is 10.5 Å². The number of benzene rings is 2. The predicted octanol–water partition coefficient (Wildman–Crippen LogP) is 4.78. The Morgan fingerprint density at radius 1 is 0.833 bits per heavy atom. The molecule has 2 amide bonds. The Labute approximate surface area is 212 Å². The molecule has 5 rings (SSSR count). The fraction of sp³-hybridized carbons (Fsp3) is 0.200. The van der Waals surface area contributed by atoms with Gasteiger partial charge in [0.1, 0.15) is 0 Å². The van der Waals surface area contributed by atoms with Crippen molar-refractivity contribution in [3.05, 3.63) is 88.2 Å². The fourth-order valence-corrected chi connectivity index (χ4v) is 4.35. The molecule has 3 heterocycles. The van der Waals surface area contributed by atoms with Crippen molar-refractivity contribution in [3.63, 3.8) is 0 Å². The number of hydrogen-bond acceptors (Lipinski definition) is 4. The highest BCUT2D eigenvalue weighted by Gasteiger charge is 2.36. The van der Waals surface area contributed by atoms with Gasteiger partial charge in [-0.2, -0.15) is 18.3 Å². The molecule has 0 N–H and O–H groups in total. The second kappa shape index (κ2) is 9.38. The molecule has 36 heavy (non-hydrogen) atoms. The number of carbonyl (C=O) groups excluding carboxylic acids is 2. The first-order chi connectivity index (χ1) is 17.2. The number of amides is 2. The number of nitrogens with zero attached hydrogens (tertiary/aromatic N) is 5. The first-order valence-electron chi connectivity index (χ1n) is 11.1. The number of halogens is 4. The van der Waals surface area contributed by atoms with Crippen LogP contribution in [-0.2, 0) is 6.18 Å². The van der Waals surface area contributed by atoms with E-state index in [-0.39, 0.29) is 36.0 Å². The summed E-state index contributed by atoms with van der Waals surface area (Å²) in [4.78, 5) is 33.2. The number of aromatic nitrogens is 3. The normalized spacial score (nSPS) is 14.3. The number of rotatable bonds is 3. The summed E-state index contributed by atoms with van der Waals surface area (Å²) in [5.41, 5.74) is -0.0609. The van der Waals surface area contributed by atoms with Crippen LogP contribution in [0.2, 0.25) is 0 Å². The molecule has 2 aromatic carbocycles. The van der Waals surface area contributed by atoms with E-state index in [4.69, 9.17) is 0 Å². The summed E-state index contributed by atoms with van der Waals surface area (Å²) in [6, 6.07) is 17.8. The molecule has 1 saturated heterocycles. The summed E-state index contributed by atoms with van der Waals surface area (Å²) >= 11 is 3.31. The Bertz CT molecular complexity index is 1430. The van der Waals surface area contributed by atoms with Crippen LogP contribution in [0.5, 0.6) is 0 Å². The first kappa shape index (κ1) is 24.0. The maximum atomic E-state index is 13.9. The zero-order valence-corrected chi connectivity index (χ0v) is 20.3. The third-order valence-corrected chi connectivity index (χ3v) is 6.48. The molecule has 11 heteroatoms. The van der Waals surface area contributed by atoms with Crippen LogP contribution in [0, 0.1) is 0 Å². The van der Waals surface area contributed by atoms with Gasteiger partial charge in [0.05, 0.1) is 5.69 Å². The molecule has 0 radical (unpaired) electrons. The maximum absolute atomic E-state index is 13.9. The van der Waals surface area contributed by atoms with Crippen LogP contribution in [-0.4, -0.2) is 62.4 Å². The van der Waals surface area contributed by atoms with Crippen molar-refractivity contribution in [2.24, 2.45) is 0 Å². The minimum absolute atomic E-state index is 0.0796. The zero-order chi connectivity index (χ0) is 25.4. The minimum atomic E-state index is -4.71. The van der Waals surface area contributed by atoms with E-state index in [9.17, 15) is 22.8 Å². The van der Waals surface area contributed by atoms with Gasteiger partial charge in [-0.3, -0.25) is 9.59 Å². The van der Waals surface area contributed by atoms with E-state index in [2.05, 4.69) is 26.0 Å². The molecule has 4 aromatic rings. The van der Waals surface area contributed by atoms with Gasteiger partial charge in [-0.15, -0.1) is 0 Å². The summed E-state index contributed by atoms with van der Waals surface area (Å²) in [5, 5.41) is 3.96. The van der Waals surface area contributed by atoms with Crippen molar-refractivity contribution in [1.82, 2.24) is 24.4 Å². The molecule has 7 nitrogen and oxygen atoms in total. The van der Waals surface area contributed by atoms with Gasteiger partial charge in [-0.25, -0.2) is 9.50 Å². The second-order valence-corrected chi connectivity index (χ2v) is 9.20. The van der Waals surface area contributed by atoms with E-state index in [1.54, 1.807) is 53.4 Å². The van der Waals surface area contributed by atoms with Crippen molar-refractivity contribution in [2.75, 3.05) is 26.2 Å². The molecule has 0 unspecified atom stereocenters. The van der Waals surface area contributed by atoms with Crippen LogP contribution < -0.4 is 0 Å². The molecule has 0 bridgehead atoms. The van der Waals surface area contributed by atoms with Crippen molar-refractivity contribution in [2.45, 2.75) is 6.18 Å². The first-order valence-corrected chi connectivity index (χ1v) is 11.9. The van der Waals surface area contributed by atoms with Crippen molar-refractivity contribution in [1.29, 1.82) is 0 Å². The van der Waals surface area contributed by atoms with Gasteiger partial charge in [-0.1, -0.05) is 46.3 Å². The third-order valence-electron chi connectivity index (χ3n) is 5.95. The molecule has 1 aliphatic rings. The Morgan fingerprint density at radius 3 is 2.06 bits per heavy atom. The molecule has 184 valence electrons. The van der Waals surface area contributed by atoms with Crippen LogP contribution in [0.4, 0.5) is 13.2 Å². The van der Waals surface area contributed by atoms with Gasteiger partial charge in [0.25, 0.3) is 11.8 Å².